The van der Waals surface area contributed by atoms with Crippen LogP contribution >= 0.6 is 0 Å². The van der Waals surface area contributed by atoms with Crippen LogP contribution in [0.3, 0.4) is 0 Å². The van der Waals surface area contributed by atoms with E-state index in [-0.39, 0.29) is 36.4 Å². The Bertz CT molecular complexity index is 877. The van der Waals surface area contributed by atoms with Crippen LogP contribution in [-0.2, 0) is 16.1 Å². The molecule has 1 aliphatic rings. The van der Waals surface area contributed by atoms with Crippen LogP contribution in [0.1, 0.15) is 39.7 Å². The van der Waals surface area contributed by atoms with E-state index >= 15 is 0 Å². The molecule has 1 atom stereocenters. The number of ether oxygens (including phenoxy) is 2. The molecular weight excluding hydrogens is 380 g/mol. The van der Waals surface area contributed by atoms with Crippen molar-refractivity contribution in [2.24, 2.45) is 5.92 Å². The minimum Gasteiger partial charge on any atom is -0.491 e. The Labute approximate surface area is 178 Å². The van der Waals surface area contributed by atoms with E-state index < -0.39 is 0 Å². The van der Waals surface area contributed by atoms with Crippen molar-refractivity contribution in [3.63, 3.8) is 0 Å². The predicted octanol–water partition coefficient (Wildman–Crippen LogP) is 3.93. The maximum absolute atomic E-state index is 12.7. The van der Waals surface area contributed by atoms with E-state index in [1.165, 1.54) is 0 Å². The second kappa shape index (κ2) is 9.65. The molecule has 1 fully saturated rings. The van der Waals surface area contributed by atoms with Crippen molar-refractivity contribution >= 4 is 17.5 Å². The SMILES string of the molecule is CC(C)Oc1ccc(N2CC(C(=O)NCc3ccccc3OC(C)C)CC2=O)cc1. The first-order valence-corrected chi connectivity index (χ1v) is 10.4. The van der Waals surface area contributed by atoms with Gasteiger partial charge in [-0.2, -0.15) is 0 Å². The van der Waals surface area contributed by atoms with E-state index in [4.69, 9.17) is 9.47 Å². The lowest BCUT2D eigenvalue weighted by Crippen LogP contribution is -2.32. The second-order valence-electron chi connectivity index (χ2n) is 8.06. The third-order valence-corrected chi connectivity index (χ3v) is 4.80. The molecule has 2 aromatic rings. The van der Waals surface area contributed by atoms with Crippen molar-refractivity contribution in [3.8, 4) is 11.5 Å². The molecule has 1 aliphatic heterocycles. The lowest BCUT2D eigenvalue weighted by Gasteiger charge is -2.18. The number of rotatable bonds is 8. The van der Waals surface area contributed by atoms with Crippen LogP contribution in [0.2, 0.25) is 0 Å². The summed E-state index contributed by atoms with van der Waals surface area (Å²) in [6, 6.07) is 15.1. The summed E-state index contributed by atoms with van der Waals surface area (Å²) in [5, 5.41) is 2.96. The highest BCUT2D eigenvalue weighted by atomic mass is 16.5. The Kier molecular flexibility index (Phi) is 6.98. The van der Waals surface area contributed by atoms with Gasteiger partial charge in [-0.25, -0.2) is 0 Å². The summed E-state index contributed by atoms with van der Waals surface area (Å²) in [7, 11) is 0. The van der Waals surface area contributed by atoms with E-state index in [9.17, 15) is 9.59 Å². The quantitative estimate of drug-likeness (QED) is 0.716. The fourth-order valence-corrected chi connectivity index (χ4v) is 3.46. The molecule has 1 N–H and O–H groups in total. The molecule has 30 heavy (non-hydrogen) atoms. The first kappa shape index (κ1) is 21.7. The van der Waals surface area contributed by atoms with Crippen molar-refractivity contribution < 1.29 is 19.1 Å². The summed E-state index contributed by atoms with van der Waals surface area (Å²) in [6.45, 7) is 8.61. The van der Waals surface area contributed by atoms with Crippen LogP contribution in [0.15, 0.2) is 48.5 Å². The van der Waals surface area contributed by atoms with Crippen molar-refractivity contribution in [3.05, 3.63) is 54.1 Å². The number of nitrogens with zero attached hydrogens (tertiary/aromatic N) is 1. The summed E-state index contributed by atoms with van der Waals surface area (Å²) >= 11 is 0. The van der Waals surface area contributed by atoms with E-state index in [1.54, 1.807) is 4.90 Å². The zero-order valence-electron chi connectivity index (χ0n) is 18.1. The number of carbonyl (C=O) groups is 2. The average molecular weight is 411 g/mol. The number of nitrogens with one attached hydrogen (secondary N) is 1. The maximum atomic E-state index is 12.7. The van der Waals surface area contributed by atoms with E-state index in [0.29, 0.717) is 13.1 Å². The van der Waals surface area contributed by atoms with Gasteiger partial charge in [0.25, 0.3) is 0 Å². The number of para-hydroxylation sites is 1. The molecule has 0 spiro atoms. The smallest absolute Gasteiger partial charge is 0.227 e. The minimum absolute atomic E-state index is 0.0452. The van der Waals surface area contributed by atoms with Crippen molar-refractivity contribution in [2.75, 3.05) is 11.4 Å². The maximum Gasteiger partial charge on any atom is 0.227 e. The van der Waals surface area contributed by atoms with Gasteiger partial charge in [0.05, 0.1) is 18.1 Å². The Morgan fingerprint density at radius 2 is 1.70 bits per heavy atom. The molecule has 160 valence electrons. The molecule has 1 saturated heterocycles. The number of carbonyl (C=O) groups excluding carboxylic acids is 2. The van der Waals surface area contributed by atoms with Gasteiger partial charge in [-0.15, -0.1) is 0 Å². The number of amides is 2. The molecule has 6 heteroatoms. The minimum atomic E-state index is -0.373. The lowest BCUT2D eigenvalue weighted by atomic mass is 10.1. The molecule has 3 rings (SSSR count). The summed E-state index contributed by atoms with van der Waals surface area (Å²) in [5.74, 6) is 0.987. The van der Waals surface area contributed by atoms with Crippen LogP contribution in [0.4, 0.5) is 5.69 Å². The third-order valence-electron chi connectivity index (χ3n) is 4.80. The first-order chi connectivity index (χ1) is 14.3. The zero-order valence-corrected chi connectivity index (χ0v) is 18.1. The summed E-state index contributed by atoms with van der Waals surface area (Å²) in [4.78, 5) is 26.9. The lowest BCUT2D eigenvalue weighted by molar-refractivity contribution is -0.126. The van der Waals surface area contributed by atoms with Gasteiger partial charge in [0.2, 0.25) is 11.8 Å². The standard InChI is InChI=1S/C24H30N2O4/c1-16(2)29-21-11-9-20(10-12-21)26-15-19(13-23(26)27)24(28)25-14-18-7-5-6-8-22(18)30-17(3)4/h5-12,16-17,19H,13-15H2,1-4H3,(H,25,28). The Morgan fingerprint density at radius 1 is 1.03 bits per heavy atom. The van der Waals surface area contributed by atoms with E-state index in [0.717, 1.165) is 22.7 Å². The van der Waals surface area contributed by atoms with Gasteiger partial charge in [-0.1, -0.05) is 18.2 Å². The molecule has 6 nitrogen and oxygen atoms in total. The van der Waals surface area contributed by atoms with Crippen LogP contribution in [0.5, 0.6) is 11.5 Å². The number of hydrogen-bond donors (Lipinski definition) is 1. The highest BCUT2D eigenvalue weighted by Gasteiger charge is 2.35. The number of benzene rings is 2. The monoisotopic (exact) mass is 410 g/mol. The molecule has 2 aromatic carbocycles. The van der Waals surface area contributed by atoms with Gasteiger partial charge in [0.1, 0.15) is 11.5 Å². The number of hydrogen-bond acceptors (Lipinski definition) is 4. The normalized spacial score (nSPS) is 16.3. The van der Waals surface area contributed by atoms with Gasteiger partial charge in [0, 0.05) is 30.8 Å². The van der Waals surface area contributed by atoms with Crippen molar-refractivity contribution in [2.45, 2.75) is 52.9 Å². The highest BCUT2D eigenvalue weighted by molar-refractivity contribution is 6.00. The largest absolute Gasteiger partial charge is 0.491 e. The average Bonchev–Trinajstić information content (AvgIpc) is 3.08. The Balaban J connectivity index is 1.59. The molecule has 0 aromatic heterocycles. The molecule has 0 saturated carbocycles. The Morgan fingerprint density at radius 3 is 2.37 bits per heavy atom. The van der Waals surface area contributed by atoms with Gasteiger partial charge >= 0.3 is 0 Å². The van der Waals surface area contributed by atoms with Gasteiger partial charge in [-0.3, -0.25) is 9.59 Å². The zero-order chi connectivity index (χ0) is 21.7. The topological polar surface area (TPSA) is 67.9 Å². The molecule has 2 amide bonds. The van der Waals surface area contributed by atoms with Crippen molar-refractivity contribution in [1.29, 1.82) is 0 Å². The molecular formula is C24H30N2O4. The highest BCUT2D eigenvalue weighted by Crippen LogP contribution is 2.27. The second-order valence-corrected chi connectivity index (χ2v) is 8.06. The molecule has 0 bridgehead atoms. The van der Waals surface area contributed by atoms with Gasteiger partial charge in [-0.05, 0) is 58.0 Å². The predicted molar refractivity (Wildman–Crippen MR) is 117 cm³/mol. The summed E-state index contributed by atoms with van der Waals surface area (Å²) < 4.78 is 11.5. The molecule has 0 aliphatic carbocycles. The molecule has 1 heterocycles. The van der Waals surface area contributed by atoms with Crippen LogP contribution < -0.4 is 19.7 Å². The van der Waals surface area contributed by atoms with Crippen LogP contribution in [-0.4, -0.2) is 30.6 Å². The molecule has 0 radical (unpaired) electrons. The Hall–Kier alpha value is -3.02. The van der Waals surface area contributed by atoms with Crippen LogP contribution in [0, 0.1) is 5.92 Å². The summed E-state index contributed by atoms with van der Waals surface area (Å²) in [6.07, 6.45) is 0.355. The van der Waals surface area contributed by atoms with E-state index in [1.807, 2.05) is 76.2 Å². The third kappa shape index (κ3) is 5.53. The number of anilines is 1. The summed E-state index contributed by atoms with van der Waals surface area (Å²) in [5.41, 5.74) is 1.70. The first-order valence-electron chi connectivity index (χ1n) is 10.4. The van der Waals surface area contributed by atoms with Crippen molar-refractivity contribution in [1.82, 2.24) is 5.32 Å². The van der Waals surface area contributed by atoms with Gasteiger partial charge in [0.15, 0.2) is 0 Å². The van der Waals surface area contributed by atoms with E-state index in [2.05, 4.69) is 5.32 Å². The fourth-order valence-electron chi connectivity index (χ4n) is 3.46. The van der Waals surface area contributed by atoms with Crippen LogP contribution in [0.25, 0.3) is 0 Å². The molecule has 1 unspecified atom stereocenters. The van der Waals surface area contributed by atoms with Gasteiger partial charge < -0.3 is 19.7 Å². The fraction of sp³-hybridized carbons (Fsp3) is 0.417.